The van der Waals surface area contributed by atoms with Crippen molar-refractivity contribution in [3.63, 3.8) is 0 Å². The number of nitrogens with one attached hydrogen (secondary N) is 1. The summed E-state index contributed by atoms with van der Waals surface area (Å²) < 4.78 is 0. The van der Waals surface area contributed by atoms with E-state index in [0.29, 0.717) is 12.5 Å². The van der Waals surface area contributed by atoms with Gasteiger partial charge in [0.2, 0.25) is 5.91 Å². The number of nitrogens with zero attached hydrogens (tertiary/aromatic N) is 3. The van der Waals surface area contributed by atoms with E-state index < -0.39 is 0 Å². The maximum absolute atomic E-state index is 11.7. The van der Waals surface area contributed by atoms with Crippen LogP contribution in [0.4, 0.5) is 0 Å². The second-order valence-electron chi connectivity index (χ2n) is 5.08. The van der Waals surface area contributed by atoms with Gasteiger partial charge in [0.15, 0.2) is 0 Å². The van der Waals surface area contributed by atoms with Crippen molar-refractivity contribution in [3.05, 3.63) is 24.0 Å². The van der Waals surface area contributed by atoms with E-state index in [0.717, 1.165) is 38.9 Å². The minimum absolute atomic E-state index is 0.144. The van der Waals surface area contributed by atoms with Crippen molar-refractivity contribution in [2.24, 2.45) is 0 Å². The molecule has 1 aliphatic heterocycles. The Balaban J connectivity index is 1.75. The molecule has 0 radical (unpaired) electrons. The van der Waals surface area contributed by atoms with Gasteiger partial charge in [0.05, 0.1) is 12.7 Å². The highest BCUT2D eigenvalue weighted by atomic mass is 16.2. The van der Waals surface area contributed by atoms with E-state index in [1.807, 2.05) is 12.3 Å². The van der Waals surface area contributed by atoms with E-state index in [9.17, 15) is 4.79 Å². The Bertz CT molecular complexity index is 388. The van der Waals surface area contributed by atoms with Gasteiger partial charge in [-0.15, -0.1) is 0 Å². The first kappa shape index (κ1) is 13.9. The van der Waals surface area contributed by atoms with Crippen LogP contribution in [0.5, 0.6) is 0 Å². The summed E-state index contributed by atoms with van der Waals surface area (Å²) in [6, 6.07) is 2.04. The third-order valence-corrected chi connectivity index (χ3v) is 3.61. The topological polar surface area (TPSA) is 58.1 Å². The molecule has 1 N–H and O–H groups in total. The van der Waals surface area contributed by atoms with Crippen LogP contribution in [0.2, 0.25) is 0 Å². The Morgan fingerprint density at radius 1 is 1.42 bits per heavy atom. The fraction of sp³-hybridized carbons (Fsp3) is 0.643. The molecule has 1 saturated heterocycles. The summed E-state index contributed by atoms with van der Waals surface area (Å²) in [5.74, 6) is 0.705. The molecule has 0 aromatic carbocycles. The van der Waals surface area contributed by atoms with Crippen molar-refractivity contribution in [1.82, 2.24) is 20.4 Å². The highest BCUT2D eigenvalue weighted by molar-refractivity contribution is 5.77. The van der Waals surface area contributed by atoms with E-state index in [1.54, 1.807) is 6.20 Å². The smallest absolute Gasteiger partial charge is 0.234 e. The molecule has 5 nitrogen and oxygen atoms in total. The molecular formula is C14H22N4O. The molecule has 0 aliphatic carbocycles. The molecule has 104 valence electrons. The second-order valence-corrected chi connectivity index (χ2v) is 5.08. The number of piperidine rings is 1. The second kappa shape index (κ2) is 7.19. The summed E-state index contributed by atoms with van der Waals surface area (Å²) in [4.78, 5) is 13.9. The SMILES string of the molecule is CCCNC(=O)CN1CCC(c2ccnnc2)CC1. The van der Waals surface area contributed by atoms with Crippen LogP contribution in [-0.4, -0.2) is 47.2 Å². The molecule has 1 aromatic heterocycles. The normalized spacial score (nSPS) is 17.3. The van der Waals surface area contributed by atoms with Gasteiger partial charge in [0, 0.05) is 12.7 Å². The summed E-state index contributed by atoms with van der Waals surface area (Å²) >= 11 is 0. The van der Waals surface area contributed by atoms with E-state index in [1.165, 1.54) is 5.56 Å². The van der Waals surface area contributed by atoms with Crippen LogP contribution in [0.25, 0.3) is 0 Å². The average molecular weight is 262 g/mol. The minimum Gasteiger partial charge on any atom is -0.355 e. The Morgan fingerprint density at radius 3 is 2.84 bits per heavy atom. The first-order valence-corrected chi connectivity index (χ1v) is 7.05. The minimum atomic E-state index is 0.144. The lowest BCUT2D eigenvalue weighted by Crippen LogP contribution is -2.41. The van der Waals surface area contributed by atoms with Gasteiger partial charge in [-0.2, -0.15) is 10.2 Å². The van der Waals surface area contributed by atoms with Gasteiger partial charge in [-0.25, -0.2) is 0 Å². The van der Waals surface area contributed by atoms with Crippen LogP contribution in [-0.2, 0) is 4.79 Å². The predicted molar refractivity (Wildman–Crippen MR) is 73.7 cm³/mol. The standard InChI is InChI=1S/C14H22N4O/c1-2-6-15-14(19)11-18-8-4-12(5-9-18)13-3-7-16-17-10-13/h3,7,10,12H,2,4-6,8-9,11H2,1H3,(H,15,19). The molecule has 1 amide bonds. The molecule has 1 aliphatic rings. The highest BCUT2D eigenvalue weighted by Gasteiger charge is 2.21. The van der Waals surface area contributed by atoms with Crippen molar-refractivity contribution >= 4 is 5.91 Å². The third-order valence-electron chi connectivity index (χ3n) is 3.61. The number of rotatable bonds is 5. The summed E-state index contributed by atoms with van der Waals surface area (Å²) in [6.07, 6.45) is 6.77. The van der Waals surface area contributed by atoms with Crippen molar-refractivity contribution in [1.29, 1.82) is 0 Å². The quantitative estimate of drug-likeness (QED) is 0.866. The summed E-state index contributed by atoms with van der Waals surface area (Å²) in [5.41, 5.74) is 1.27. The van der Waals surface area contributed by atoms with Crippen LogP contribution in [0.1, 0.15) is 37.7 Å². The summed E-state index contributed by atoms with van der Waals surface area (Å²) in [5, 5.41) is 10.7. The first-order valence-electron chi connectivity index (χ1n) is 7.05. The summed E-state index contributed by atoms with van der Waals surface area (Å²) in [6.45, 7) is 5.33. The number of hydrogen-bond donors (Lipinski definition) is 1. The lowest BCUT2D eigenvalue weighted by molar-refractivity contribution is -0.122. The zero-order valence-electron chi connectivity index (χ0n) is 11.5. The van der Waals surface area contributed by atoms with Gasteiger partial charge in [-0.05, 0) is 49.9 Å². The zero-order valence-corrected chi connectivity index (χ0v) is 11.5. The largest absolute Gasteiger partial charge is 0.355 e. The molecular weight excluding hydrogens is 240 g/mol. The molecule has 1 aromatic rings. The third kappa shape index (κ3) is 4.28. The van der Waals surface area contributed by atoms with Crippen molar-refractivity contribution in [2.45, 2.75) is 32.1 Å². The number of aromatic nitrogens is 2. The molecule has 19 heavy (non-hydrogen) atoms. The molecule has 0 atom stereocenters. The molecule has 0 spiro atoms. The van der Waals surface area contributed by atoms with Crippen molar-refractivity contribution in [3.8, 4) is 0 Å². The first-order chi connectivity index (χ1) is 9.29. The Kier molecular flexibility index (Phi) is 5.27. The lowest BCUT2D eigenvalue weighted by atomic mass is 9.91. The molecule has 1 fully saturated rings. The van der Waals surface area contributed by atoms with Crippen molar-refractivity contribution in [2.75, 3.05) is 26.2 Å². The van der Waals surface area contributed by atoms with E-state index in [2.05, 4.69) is 27.3 Å². The van der Waals surface area contributed by atoms with E-state index in [4.69, 9.17) is 0 Å². The number of hydrogen-bond acceptors (Lipinski definition) is 4. The molecule has 2 rings (SSSR count). The number of amides is 1. The average Bonchev–Trinajstić information content (AvgIpc) is 2.47. The van der Waals surface area contributed by atoms with Crippen LogP contribution >= 0.6 is 0 Å². The molecule has 5 heteroatoms. The van der Waals surface area contributed by atoms with Gasteiger partial charge >= 0.3 is 0 Å². The Hall–Kier alpha value is -1.49. The maximum Gasteiger partial charge on any atom is 0.234 e. The summed E-state index contributed by atoms with van der Waals surface area (Å²) in [7, 11) is 0. The Morgan fingerprint density at radius 2 is 2.21 bits per heavy atom. The number of likely N-dealkylation sites (tertiary alicyclic amines) is 1. The Labute approximate surface area is 114 Å². The maximum atomic E-state index is 11.7. The van der Waals surface area contributed by atoms with Gasteiger partial charge < -0.3 is 5.32 Å². The van der Waals surface area contributed by atoms with Crippen LogP contribution in [0, 0.1) is 0 Å². The van der Waals surface area contributed by atoms with Crippen LogP contribution < -0.4 is 5.32 Å². The fourth-order valence-electron chi connectivity index (χ4n) is 2.49. The van der Waals surface area contributed by atoms with Gasteiger partial charge in [-0.1, -0.05) is 6.92 Å². The number of carbonyl (C=O) groups is 1. The fourth-order valence-corrected chi connectivity index (χ4v) is 2.49. The molecule has 0 saturated carbocycles. The van der Waals surface area contributed by atoms with Crippen LogP contribution in [0.15, 0.2) is 18.5 Å². The molecule has 0 bridgehead atoms. The van der Waals surface area contributed by atoms with Crippen molar-refractivity contribution < 1.29 is 4.79 Å². The molecule has 0 unspecified atom stereocenters. The predicted octanol–water partition coefficient (Wildman–Crippen LogP) is 1.18. The molecule has 2 heterocycles. The zero-order chi connectivity index (χ0) is 13.5. The van der Waals surface area contributed by atoms with E-state index >= 15 is 0 Å². The lowest BCUT2D eigenvalue weighted by Gasteiger charge is -2.31. The monoisotopic (exact) mass is 262 g/mol. The van der Waals surface area contributed by atoms with Gasteiger partial charge in [0.25, 0.3) is 0 Å². The van der Waals surface area contributed by atoms with Gasteiger partial charge in [0.1, 0.15) is 0 Å². The van der Waals surface area contributed by atoms with E-state index in [-0.39, 0.29) is 5.91 Å². The number of carbonyl (C=O) groups excluding carboxylic acids is 1. The van der Waals surface area contributed by atoms with Gasteiger partial charge in [-0.3, -0.25) is 9.69 Å². The van der Waals surface area contributed by atoms with Crippen LogP contribution in [0.3, 0.4) is 0 Å². The highest BCUT2D eigenvalue weighted by Crippen LogP contribution is 2.26.